The maximum atomic E-state index is 12.6. The van der Waals surface area contributed by atoms with E-state index in [-0.39, 0.29) is 11.8 Å². The maximum absolute atomic E-state index is 12.6. The summed E-state index contributed by atoms with van der Waals surface area (Å²) in [4.78, 5) is 31.2. The zero-order chi connectivity index (χ0) is 21.5. The highest BCUT2D eigenvalue weighted by atomic mass is 16.2. The zero-order valence-electron chi connectivity index (χ0n) is 18.2. The Labute approximate surface area is 179 Å². The van der Waals surface area contributed by atoms with Crippen LogP contribution < -0.4 is 5.32 Å². The Morgan fingerprint density at radius 3 is 2.20 bits per heavy atom. The number of amides is 2. The SMILES string of the molecule is Cc1cccc(C)c1NC(=O)CN1CCN(C(=O)CN(C)Cc2ccccc2)CC1. The van der Waals surface area contributed by atoms with Gasteiger partial charge in [-0.3, -0.25) is 19.4 Å². The number of para-hydroxylation sites is 1. The summed E-state index contributed by atoms with van der Waals surface area (Å²) < 4.78 is 0. The normalized spacial score (nSPS) is 14.7. The van der Waals surface area contributed by atoms with Crippen molar-refractivity contribution in [1.82, 2.24) is 14.7 Å². The first-order valence-corrected chi connectivity index (χ1v) is 10.5. The average molecular weight is 409 g/mol. The summed E-state index contributed by atoms with van der Waals surface area (Å²) in [5.41, 5.74) is 4.24. The molecule has 3 rings (SSSR count). The average Bonchev–Trinajstić information content (AvgIpc) is 2.72. The van der Waals surface area contributed by atoms with Crippen LogP contribution in [0.3, 0.4) is 0 Å². The molecule has 6 heteroatoms. The van der Waals surface area contributed by atoms with E-state index in [1.165, 1.54) is 5.56 Å². The van der Waals surface area contributed by atoms with Gasteiger partial charge in [0.15, 0.2) is 0 Å². The Kier molecular flexibility index (Phi) is 7.60. The topological polar surface area (TPSA) is 55.9 Å². The maximum Gasteiger partial charge on any atom is 0.238 e. The molecular weight excluding hydrogens is 376 g/mol. The molecule has 1 saturated heterocycles. The Morgan fingerprint density at radius 1 is 0.933 bits per heavy atom. The smallest absolute Gasteiger partial charge is 0.238 e. The summed E-state index contributed by atoms with van der Waals surface area (Å²) in [5, 5.41) is 3.04. The lowest BCUT2D eigenvalue weighted by molar-refractivity contribution is -0.134. The Morgan fingerprint density at radius 2 is 1.57 bits per heavy atom. The van der Waals surface area contributed by atoms with Gasteiger partial charge in [-0.25, -0.2) is 0 Å². The van der Waals surface area contributed by atoms with E-state index in [1.54, 1.807) is 0 Å². The Bertz CT molecular complexity index is 841. The van der Waals surface area contributed by atoms with Gasteiger partial charge in [-0.1, -0.05) is 48.5 Å². The van der Waals surface area contributed by atoms with Crippen LogP contribution in [0.4, 0.5) is 5.69 Å². The van der Waals surface area contributed by atoms with Gasteiger partial charge in [-0.05, 0) is 37.6 Å². The van der Waals surface area contributed by atoms with Crippen molar-refractivity contribution in [3.8, 4) is 0 Å². The quantitative estimate of drug-likeness (QED) is 0.765. The second-order valence-electron chi connectivity index (χ2n) is 8.13. The number of nitrogens with zero attached hydrogens (tertiary/aromatic N) is 3. The van der Waals surface area contributed by atoms with Gasteiger partial charge in [0.25, 0.3) is 0 Å². The number of anilines is 1. The molecule has 1 fully saturated rings. The standard InChI is InChI=1S/C24H32N4O2/c1-19-8-7-9-20(2)24(19)25-22(29)17-27-12-14-28(15-13-27)23(30)18-26(3)16-21-10-5-4-6-11-21/h4-11H,12-18H2,1-3H3,(H,25,29). The fraction of sp³-hybridized carbons (Fsp3) is 0.417. The predicted molar refractivity (Wildman–Crippen MR) is 120 cm³/mol. The fourth-order valence-corrected chi connectivity index (χ4v) is 3.83. The van der Waals surface area contributed by atoms with Crippen LogP contribution >= 0.6 is 0 Å². The second kappa shape index (κ2) is 10.4. The summed E-state index contributed by atoms with van der Waals surface area (Å²) in [6, 6.07) is 16.2. The van der Waals surface area contributed by atoms with E-state index >= 15 is 0 Å². The first-order chi connectivity index (χ1) is 14.4. The van der Waals surface area contributed by atoms with Crippen LogP contribution in [0.2, 0.25) is 0 Å². The van der Waals surface area contributed by atoms with Crippen molar-refractivity contribution in [2.75, 3.05) is 51.6 Å². The number of carbonyl (C=O) groups excluding carboxylic acids is 2. The van der Waals surface area contributed by atoms with Crippen LogP contribution in [-0.2, 0) is 16.1 Å². The van der Waals surface area contributed by atoms with E-state index in [2.05, 4.69) is 22.3 Å². The van der Waals surface area contributed by atoms with Gasteiger partial charge in [0.1, 0.15) is 0 Å². The zero-order valence-corrected chi connectivity index (χ0v) is 18.2. The first kappa shape index (κ1) is 22.0. The van der Waals surface area contributed by atoms with Gasteiger partial charge in [0.05, 0.1) is 13.1 Å². The van der Waals surface area contributed by atoms with Crippen LogP contribution in [0.5, 0.6) is 0 Å². The van der Waals surface area contributed by atoms with Gasteiger partial charge in [-0.15, -0.1) is 0 Å². The fourth-order valence-electron chi connectivity index (χ4n) is 3.83. The highest BCUT2D eigenvalue weighted by Gasteiger charge is 2.23. The Hall–Kier alpha value is -2.70. The second-order valence-corrected chi connectivity index (χ2v) is 8.13. The highest BCUT2D eigenvalue weighted by molar-refractivity contribution is 5.93. The van der Waals surface area contributed by atoms with E-state index in [0.29, 0.717) is 39.3 Å². The summed E-state index contributed by atoms with van der Waals surface area (Å²) in [6.45, 7) is 8.27. The van der Waals surface area contributed by atoms with Crippen molar-refractivity contribution < 1.29 is 9.59 Å². The van der Waals surface area contributed by atoms with Crippen LogP contribution in [0.1, 0.15) is 16.7 Å². The van der Waals surface area contributed by atoms with Gasteiger partial charge < -0.3 is 10.2 Å². The Balaban J connectivity index is 1.41. The van der Waals surface area contributed by atoms with Crippen molar-refractivity contribution in [1.29, 1.82) is 0 Å². The van der Waals surface area contributed by atoms with Gasteiger partial charge in [0.2, 0.25) is 11.8 Å². The molecule has 0 saturated carbocycles. The number of piperazine rings is 1. The first-order valence-electron chi connectivity index (χ1n) is 10.5. The molecule has 1 N–H and O–H groups in total. The van der Waals surface area contributed by atoms with E-state index in [0.717, 1.165) is 23.4 Å². The van der Waals surface area contributed by atoms with E-state index < -0.39 is 0 Å². The number of hydrogen-bond donors (Lipinski definition) is 1. The van der Waals surface area contributed by atoms with E-state index in [9.17, 15) is 9.59 Å². The van der Waals surface area contributed by atoms with Gasteiger partial charge in [0, 0.05) is 38.4 Å². The number of carbonyl (C=O) groups is 2. The molecule has 30 heavy (non-hydrogen) atoms. The number of likely N-dealkylation sites (N-methyl/N-ethyl adjacent to an activating group) is 1. The molecular formula is C24H32N4O2. The van der Waals surface area contributed by atoms with Crippen molar-refractivity contribution in [2.24, 2.45) is 0 Å². The predicted octanol–water partition coefficient (Wildman–Crippen LogP) is 2.52. The lowest BCUT2D eigenvalue weighted by Gasteiger charge is -2.35. The highest BCUT2D eigenvalue weighted by Crippen LogP contribution is 2.19. The van der Waals surface area contributed by atoms with Crippen LogP contribution in [-0.4, -0.2) is 72.8 Å². The lowest BCUT2D eigenvalue weighted by atomic mass is 10.1. The van der Waals surface area contributed by atoms with Crippen molar-refractivity contribution >= 4 is 17.5 Å². The van der Waals surface area contributed by atoms with Crippen molar-refractivity contribution in [2.45, 2.75) is 20.4 Å². The number of hydrogen-bond acceptors (Lipinski definition) is 4. The molecule has 2 aromatic carbocycles. The molecule has 1 heterocycles. The van der Waals surface area contributed by atoms with Gasteiger partial charge >= 0.3 is 0 Å². The molecule has 0 spiro atoms. The summed E-state index contributed by atoms with van der Waals surface area (Å²) in [5.74, 6) is 0.142. The number of benzene rings is 2. The van der Waals surface area contributed by atoms with Crippen molar-refractivity contribution in [3.05, 3.63) is 65.2 Å². The third-order valence-corrected chi connectivity index (χ3v) is 5.54. The lowest BCUT2D eigenvalue weighted by Crippen LogP contribution is -2.52. The van der Waals surface area contributed by atoms with E-state index in [4.69, 9.17) is 0 Å². The molecule has 2 aromatic rings. The minimum atomic E-state index is -0.00484. The molecule has 0 atom stereocenters. The third kappa shape index (κ3) is 6.15. The third-order valence-electron chi connectivity index (χ3n) is 5.54. The molecule has 160 valence electrons. The molecule has 6 nitrogen and oxygen atoms in total. The minimum Gasteiger partial charge on any atom is -0.339 e. The largest absolute Gasteiger partial charge is 0.339 e. The molecule has 0 unspecified atom stereocenters. The number of rotatable bonds is 7. The molecule has 1 aliphatic rings. The molecule has 1 aliphatic heterocycles. The summed E-state index contributed by atoms with van der Waals surface area (Å²) in [7, 11) is 1.97. The van der Waals surface area contributed by atoms with Crippen molar-refractivity contribution in [3.63, 3.8) is 0 Å². The molecule has 0 bridgehead atoms. The van der Waals surface area contributed by atoms with Crippen LogP contribution in [0.15, 0.2) is 48.5 Å². The molecule has 2 amide bonds. The summed E-state index contributed by atoms with van der Waals surface area (Å²) >= 11 is 0. The number of nitrogens with one attached hydrogen (secondary N) is 1. The molecule has 0 radical (unpaired) electrons. The number of aryl methyl sites for hydroxylation is 2. The van der Waals surface area contributed by atoms with Crippen LogP contribution in [0.25, 0.3) is 0 Å². The van der Waals surface area contributed by atoms with Crippen LogP contribution in [0, 0.1) is 13.8 Å². The van der Waals surface area contributed by atoms with Gasteiger partial charge in [-0.2, -0.15) is 0 Å². The summed E-state index contributed by atoms with van der Waals surface area (Å²) in [6.07, 6.45) is 0. The minimum absolute atomic E-state index is 0.00484. The molecule has 0 aliphatic carbocycles. The molecule has 0 aromatic heterocycles. The monoisotopic (exact) mass is 408 g/mol. The van der Waals surface area contributed by atoms with E-state index in [1.807, 2.05) is 67.1 Å².